The van der Waals surface area contributed by atoms with Gasteiger partial charge >= 0.3 is 6.03 Å². The van der Waals surface area contributed by atoms with Gasteiger partial charge in [-0.15, -0.1) is 11.3 Å². The lowest BCUT2D eigenvalue weighted by Crippen LogP contribution is -2.53. The van der Waals surface area contributed by atoms with Crippen molar-refractivity contribution < 1.29 is 14.0 Å². The van der Waals surface area contributed by atoms with Crippen LogP contribution in [-0.2, 0) is 11.3 Å². The summed E-state index contributed by atoms with van der Waals surface area (Å²) in [5.74, 6) is -0.286. The monoisotopic (exact) mass is 373 g/mol. The Hall–Kier alpha value is -2.28. The Morgan fingerprint density at radius 2 is 2.08 bits per heavy atom. The maximum Gasteiger partial charge on any atom is 0.325 e. The number of nitrogens with zero attached hydrogens (tertiary/aromatic N) is 2. The van der Waals surface area contributed by atoms with Crippen LogP contribution in [0.15, 0.2) is 29.6 Å². The van der Waals surface area contributed by atoms with E-state index < -0.39 is 5.54 Å². The highest BCUT2D eigenvalue weighted by molar-refractivity contribution is 7.13. The quantitative estimate of drug-likeness (QED) is 0.829. The zero-order valence-corrected chi connectivity index (χ0v) is 15.3. The molecule has 2 heterocycles. The molecule has 3 amide bonds. The summed E-state index contributed by atoms with van der Waals surface area (Å²) in [5, 5.41) is 5.54. The van der Waals surface area contributed by atoms with Gasteiger partial charge in [0.05, 0.1) is 12.2 Å². The minimum Gasteiger partial charge on any atom is -0.323 e. The predicted octanol–water partition coefficient (Wildman–Crippen LogP) is 3.95. The Morgan fingerprint density at radius 3 is 2.81 bits per heavy atom. The third-order valence-electron chi connectivity index (χ3n) is 5.46. The second-order valence-corrected chi connectivity index (χ2v) is 7.95. The van der Waals surface area contributed by atoms with E-state index in [1.165, 1.54) is 28.4 Å². The highest BCUT2D eigenvalue weighted by Gasteiger charge is 2.54. The lowest BCUT2D eigenvalue weighted by molar-refractivity contribution is -0.134. The smallest absolute Gasteiger partial charge is 0.323 e. The normalized spacial score (nSPS) is 25.8. The fourth-order valence-electron chi connectivity index (χ4n) is 3.91. The van der Waals surface area contributed by atoms with Crippen molar-refractivity contribution in [3.05, 3.63) is 41.2 Å². The Bertz CT molecular complexity index is 851. The van der Waals surface area contributed by atoms with Crippen molar-refractivity contribution in [3.8, 4) is 10.6 Å². The Labute approximate surface area is 155 Å². The molecule has 1 spiro atoms. The summed E-state index contributed by atoms with van der Waals surface area (Å²) in [6, 6.07) is 5.79. The molecule has 2 fully saturated rings. The van der Waals surface area contributed by atoms with Crippen LogP contribution in [0.2, 0.25) is 0 Å². The molecule has 1 aliphatic heterocycles. The molecule has 1 aromatic heterocycles. The highest BCUT2D eigenvalue weighted by Crippen LogP contribution is 2.38. The first-order chi connectivity index (χ1) is 12.5. The van der Waals surface area contributed by atoms with E-state index >= 15 is 0 Å². The third-order valence-corrected chi connectivity index (χ3v) is 6.40. The summed E-state index contributed by atoms with van der Waals surface area (Å²) in [4.78, 5) is 31.2. The van der Waals surface area contributed by atoms with E-state index in [1.807, 2.05) is 12.3 Å². The first-order valence-electron chi connectivity index (χ1n) is 8.84. The summed E-state index contributed by atoms with van der Waals surface area (Å²) < 4.78 is 13.1. The fraction of sp³-hybridized carbons (Fsp3) is 0.421. The Morgan fingerprint density at radius 1 is 1.31 bits per heavy atom. The molecule has 0 bridgehead atoms. The van der Waals surface area contributed by atoms with E-state index in [2.05, 4.69) is 10.3 Å². The number of amides is 3. The average Bonchev–Trinajstić information content (AvgIpc) is 3.18. The van der Waals surface area contributed by atoms with Crippen molar-refractivity contribution >= 4 is 23.3 Å². The molecule has 2 atom stereocenters. The number of nitrogens with one attached hydrogen (secondary N) is 1. The van der Waals surface area contributed by atoms with Crippen LogP contribution in [0, 0.1) is 11.7 Å². The van der Waals surface area contributed by atoms with Crippen LogP contribution in [0.5, 0.6) is 0 Å². The Balaban J connectivity index is 1.53. The molecule has 2 aromatic rings. The van der Waals surface area contributed by atoms with Gasteiger partial charge in [-0.3, -0.25) is 9.69 Å². The summed E-state index contributed by atoms with van der Waals surface area (Å²) in [5.41, 5.74) is 0.737. The molecule has 1 saturated carbocycles. The van der Waals surface area contributed by atoms with Crippen molar-refractivity contribution in [3.63, 3.8) is 0 Å². The standard InChI is InChI=1S/C19H20FN3O2S/c1-12-4-2-3-9-19(12)17(24)23(18(25)22-19)10-15-11-26-16(21-15)13-5-7-14(20)8-6-13/h5-8,11-12H,2-4,9-10H2,1H3,(H,22,25)/t12-,19-/m0/s1. The van der Waals surface area contributed by atoms with Gasteiger partial charge in [0.2, 0.25) is 0 Å². The number of thiazole rings is 1. The molecule has 136 valence electrons. The maximum absolute atomic E-state index is 13.1. The van der Waals surface area contributed by atoms with E-state index in [9.17, 15) is 14.0 Å². The van der Waals surface area contributed by atoms with Gasteiger partial charge in [0, 0.05) is 10.9 Å². The fourth-order valence-corrected chi connectivity index (χ4v) is 4.72. The Kier molecular flexibility index (Phi) is 4.26. The maximum atomic E-state index is 13.1. The minimum atomic E-state index is -0.745. The lowest BCUT2D eigenvalue weighted by atomic mass is 9.73. The summed E-state index contributed by atoms with van der Waals surface area (Å²) in [6.07, 6.45) is 3.70. The number of hydrogen-bond acceptors (Lipinski definition) is 4. The van der Waals surface area contributed by atoms with E-state index in [-0.39, 0.29) is 30.2 Å². The lowest BCUT2D eigenvalue weighted by Gasteiger charge is -2.36. The summed E-state index contributed by atoms with van der Waals surface area (Å²) in [6.45, 7) is 2.20. The topological polar surface area (TPSA) is 62.3 Å². The SMILES string of the molecule is C[C@H]1CCCC[C@]12NC(=O)N(Cc1csc(-c3ccc(F)cc3)n1)C2=O. The van der Waals surface area contributed by atoms with Crippen LogP contribution in [-0.4, -0.2) is 27.4 Å². The van der Waals surface area contributed by atoms with Crippen LogP contribution < -0.4 is 5.32 Å². The number of carbonyl (C=O) groups is 2. The number of halogens is 1. The molecule has 7 heteroatoms. The van der Waals surface area contributed by atoms with Crippen LogP contribution >= 0.6 is 11.3 Å². The molecule has 0 radical (unpaired) electrons. The molecule has 26 heavy (non-hydrogen) atoms. The molecular weight excluding hydrogens is 353 g/mol. The molecule has 1 saturated heterocycles. The second-order valence-electron chi connectivity index (χ2n) is 7.09. The first-order valence-corrected chi connectivity index (χ1v) is 9.72. The molecule has 1 N–H and O–H groups in total. The number of urea groups is 1. The minimum absolute atomic E-state index is 0.133. The molecule has 1 aliphatic carbocycles. The first kappa shape index (κ1) is 17.1. The zero-order chi connectivity index (χ0) is 18.3. The van der Waals surface area contributed by atoms with Gasteiger partial charge < -0.3 is 5.32 Å². The van der Waals surface area contributed by atoms with Gasteiger partial charge in [0.15, 0.2) is 0 Å². The molecule has 4 rings (SSSR count). The highest BCUT2D eigenvalue weighted by atomic mass is 32.1. The molecule has 2 aliphatic rings. The third kappa shape index (κ3) is 2.80. The van der Waals surface area contributed by atoms with E-state index in [1.54, 1.807) is 12.1 Å². The van der Waals surface area contributed by atoms with Gasteiger partial charge in [-0.2, -0.15) is 0 Å². The van der Waals surface area contributed by atoms with Gasteiger partial charge in [0.25, 0.3) is 5.91 Å². The number of benzene rings is 1. The predicted molar refractivity (Wildman–Crippen MR) is 97.0 cm³/mol. The number of imide groups is 1. The molecule has 1 aromatic carbocycles. The van der Waals surface area contributed by atoms with Crippen LogP contribution in [0.3, 0.4) is 0 Å². The van der Waals surface area contributed by atoms with Crippen molar-refractivity contribution in [1.29, 1.82) is 0 Å². The van der Waals surface area contributed by atoms with Gasteiger partial charge in [-0.25, -0.2) is 14.2 Å². The van der Waals surface area contributed by atoms with Crippen molar-refractivity contribution in [2.24, 2.45) is 5.92 Å². The summed E-state index contributed by atoms with van der Waals surface area (Å²) >= 11 is 1.42. The van der Waals surface area contributed by atoms with Crippen LogP contribution in [0.4, 0.5) is 9.18 Å². The van der Waals surface area contributed by atoms with E-state index in [0.717, 1.165) is 29.8 Å². The van der Waals surface area contributed by atoms with Gasteiger partial charge in [0.1, 0.15) is 16.4 Å². The number of aromatic nitrogens is 1. The number of hydrogen-bond donors (Lipinski definition) is 1. The second kappa shape index (κ2) is 6.46. The van der Waals surface area contributed by atoms with Crippen LogP contribution in [0.1, 0.15) is 38.3 Å². The number of rotatable bonds is 3. The zero-order valence-electron chi connectivity index (χ0n) is 14.5. The van der Waals surface area contributed by atoms with Crippen molar-refractivity contribution in [1.82, 2.24) is 15.2 Å². The van der Waals surface area contributed by atoms with Crippen LogP contribution in [0.25, 0.3) is 10.6 Å². The average molecular weight is 373 g/mol. The largest absolute Gasteiger partial charge is 0.325 e. The van der Waals surface area contributed by atoms with Crippen molar-refractivity contribution in [2.45, 2.75) is 44.7 Å². The van der Waals surface area contributed by atoms with Gasteiger partial charge in [-0.1, -0.05) is 19.8 Å². The van der Waals surface area contributed by atoms with E-state index in [0.29, 0.717) is 12.1 Å². The van der Waals surface area contributed by atoms with E-state index in [4.69, 9.17) is 0 Å². The number of carbonyl (C=O) groups excluding carboxylic acids is 2. The van der Waals surface area contributed by atoms with Crippen molar-refractivity contribution in [2.75, 3.05) is 0 Å². The molecule has 5 nitrogen and oxygen atoms in total. The molecular formula is C19H20FN3O2S. The molecule has 0 unspecified atom stereocenters. The summed E-state index contributed by atoms with van der Waals surface area (Å²) in [7, 11) is 0. The van der Waals surface area contributed by atoms with Gasteiger partial charge in [-0.05, 0) is 43.0 Å².